The van der Waals surface area contributed by atoms with Crippen molar-refractivity contribution in [1.82, 2.24) is 20.2 Å². The van der Waals surface area contributed by atoms with Crippen LogP contribution in [-0.4, -0.2) is 28.0 Å². The summed E-state index contributed by atoms with van der Waals surface area (Å²) in [6.07, 6.45) is 1.29. The van der Waals surface area contributed by atoms with Crippen molar-refractivity contribution in [3.05, 3.63) is 40.9 Å². The van der Waals surface area contributed by atoms with E-state index in [-0.39, 0.29) is 12.1 Å². The highest BCUT2D eigenvalue weighted by atomic mass is 16.2. The molecule has 3 amide bonds. The minimum atomic E-state index is -0.584. The zero-order chi connectivity index (χ0) is 14.5. The van der Waals surface area contributed by atoms with Gasteiger partial charge < -0.3 is 5.32 Å². The number of rotatable bonds is 3. The number of urea groups is 1. The summed E-state index contributed by atoms with van der Waals surface area (Å²) < 4.78 is 1.16. The van der Waals surface area contributed by atoms with Crippen molar-refractivity contribution in [2.45, 2.75) is 13.5 Å². The maximum absolute atomic E-state index is 12.1. The second-order valence-corrected chi connectivity index (χ2v) is 4.10. The predicted molar refractivity (Wildman–Crippen MR) is 73.2 cm³/mol. The molecule has 0 fully saturated rings. The molecule has 0 aliphatic rings. The standard InChI is InChI=1S/C13H14N4O3/c1-2-14-13(20)16-11(18)7-17-8-15-10-6-4-3-5-9(10)12(17)19/h3-6,8H,2,7H2,1H3,(H2,14,16,18,20). The van der Waals surface area contributed by atoms with Gasteiger partial charge in [0, 0.05) is 6.54 Å². The van der Waals surface area contributed by atoms with Gasteiger partial charge in [0.15, 0.2) is 0 Å². The predicted octanol–water partition coefficient (Wildman–Crippen LogP) is 0.242. The summed E-state index contributed by atoms with van der Waals surface area (Å²) in [5.41, 5.74) is 0.250. The maximum Gasteiger partial charge on any atom is 0.321 e. The lowest BCUT2D eigenvalue weighted by Crippen LogP contribution is -2.42. The first-order valence-electron chi connectivity index (χ1n) is 6.13. The van der Waals surface area contributed by atoms with Crippen LogP contribution in [0, 0.1) is 0 Å². The quantitative estimate of drug-likeness (QED) is 0.838. The van der Waals surface area contributed by atoms with Gasteiger partial charge in [0.25, 0.3) is 5.56 Å². The van der Waals surface area contributed by atoms with E-state index < -0.39 is 11.9 Å². The summed E-state index contributed by atoms with van der Waals surface area (Å²) in [4.78, 5) is 39.0. The minimum absolute atomic E-state index is 0.256. The molecule has 0 aliphatic carbocycles. The molecule has 104 valence electrons. The molecule has 0 saturated heterocycles. The molecule has 0 unspecified atom stereocenters. The average Bonchev–Trinajstić information content (AvgIpc) is 2.42. The number of carbonyl (C=O) groups is 2. The Bertz CT molecular complexity index is 708. The number of carbonyl (C=O) groups excluding carboxylic acids is 2. The Morgan fingerprint density at radius 2 is 2.05 bits per heavy atom. The molecule has 2 rings (SSSR count). The third kappa shape index (κ3) is 3.00. The van der Waals surface area contributed by atoms with Gasteiger partial charge >= 0.3 is 6.03 Å². The Morgan fingerprint density at radius 1 is 1.30 bits per heavy atom. The molecular formula is C13H14N4O3. The van der Waals surface area contributed by atoms with Gasteiger partial charge in [0.2, 0.25) is 5.91 Å². The third-order valence-corrected chi connectivity index (χ3v) is 2.64. The largest absolute Gasteiger partial charge is 0.338 e. The van der Waals surface area contributed by atoms with Crippen LogP contribution < -0.4 is 16.2 Å². The second kappa shape index (κ2) is 5.96. The summed E-state index contributed by atoms with van der Waals surface area (Å²) in [5, 5.41) is 4.99. The summed E-state index contributed by atoms with van der Waals surface area (Å²) in [5.74, 6) is -0.574. The summed E-state index contributed by atoms with van der Waals surface area (Å²) in [6.45, 7) is 1.90. The van der Waals surface area contributed by atoms with Crippen molar-refractivity contribution >= 4 is 22.8 Å². The molecule has 7 nitrogen and oxygen atoms in total. The van der Waals surface area contributed by atoms with Crippen molar-refractivity contribution in [3.8, 4) is 0 Å². The van der Waals surface area contributed by atoms with E-state index in [1.54, 1.807) is 31.2 Å². The lowest BCUT2D eigenvalue weighted by atomic mass is 10.2. The summed E-state index contributed by atoms with van der Waals surface area (Å²) in [6, 6.07) is 6.28. The van der Waals surface area contributed by atoms with Gasteiger partial charge in [0.05, 0.1) is 17.2 Å². The van der Waals surface area contributed by atoms with Crippen molar-refractivity contribution in [3.63, 3.8) is 0 Å². The molecule has 0 aliphatic heterocycles. The van der Waals surface area contributed by atoms with Gasteiger partial charge in [-0.1, -0.05) is 12.1 Å². The fourth-order valence-corrected chi connectivity index (χ4v) is 1.74. The maximum atomic E-state index is 12.1. The fourth-order valence-electron chi connectivity index (χ4n) is 1.74. The van der Waals surface area contributed by atoms with Crippen LogP contribution in [0.4, 0.5) is 4.79 Å². The van der Waals surface area contributed by atoms with Crippen molar-refractivity contribution < 1.29 is 9.59 Å². The molecule has 1 heterocycles. The number of benzene rings is 1. The lowest BCUT2D eigenvalue weighted by Gasteiger charge is -2.07. The molecule has 0 bridgehead atoms. The van der Waals surface area contributed by atoms with Crippen LogP contribution in [0.25, 0.3) is 10.9 Å². The Balaban J connectivity index is 2.18. The smallest absolute Gasteiger partial charge is 0.321 e. The number of aromatic nitrogens is 2. The van der Waals surface area contributed by atoms with E-state index in [1.165, 1.54) is 6.33 Å². The van der Waals surface area contributed by atoms with Crippen molar-refractivity contribution in [2.24, 2.45) is 0 Å². The highest BCUT2D eigenvalue weighted by Gasteiger charge is 2.10. The van der Waals surface area contributed by atoms with Gasteiger partial charge in [-0.15, -0.1) is 0 Å². The Kier molecular flexibility index (Phi) is 4.09. The number of nitrogens with one attached hydrogen (secondary N) is 2. The third-order valence-electron chi connectivity index (χ3n) is 2.64. The molecule has 20 heavy (non-hydrogen) atoms. The van der Waals surface area contributed by atoms with Gasteiger partial charge in [-0.25, -0.2) is 9.78 Å². The van der Waals surface area contributed by atoms with Crippen molar-refractivity contribution in [2.75, 3.05) is 6.54 Å². The Hall–Kier alpha value is -2.70. The van der Waals surface area contributed by atoms with E-state index in [2.05, 4.69) is 15.6 Å². The molecule has 2 N–H and O–H groups in total. The molecule has 1 aromatic heterocycles. The second-order valence-electron chi connectivity index (χ2n) is 4.10. The number of fused-ring (bicyclic) bond motifs is 1. The van der Waals surface area contributed by atoms with E-state index in [1.807, 2.05) is 0 Å². The molecule has 1 aromatic carbocycles. The normalized spacial score (nSPS) is 10.2. The molecule has 0 radical (unpaired) electrons. The zero-order valence-electron chi connectivity index (χ0n) is 10.9. The number of hydrogen-bond donors (Lipinski definition) is 2. The van der Waals surface area contributed by atoms with E-state index in [9.17, 15) is 14.4 Å². The van der Waals surface area contributed by atoms with Crippen LogP contribution in [0.15, 0.2) is 35.4 Å². The number of para-hydroxylation sites is 1. The van der Waals surface area contributed by atoms with E-state index in [4.69, 9.17) is 0 Å². The SMILES string of the molecule is CCNC(=O)NC(=O)Cn1cnc2ccccc2c1=O. The van der Waals surface area contributed by atoms with Gasteiger partial charge in [-0.2, -0.15) is 0 Å². The molecule has 0 spiro atoms. The molecule has 0 atom stereocenters. The van der Waals surface area contributed by atoms with Gasteiger partial charge in [-0.3, -0.25) is 19.5 Å². The first kappa shape index (κ1) is 13.7. The monoisotopic (exact) mass is 274 g/mol. The first-order valence-corrected chi connectivity index (χ1v) is 6.13. The molecular weight excluding hydrogens is 260 g/mol. The summed E-state index contributed by atoms with van der Waals surface area (Å²) in [7, 11) is 0. The fraction of sp³-hybridized carbons (Fsp3) is 0.231. The first-order chi connectivity index (χ1) is 9.61. The highest BCUT2D eigenvalue weighted by Crippen LogP contribution is 2.04. The molecule has 2 aromatic rings. The number of nitrogens with zero attached hydrogens (tertiary/aromatic N) is 2. The highest BCUT2D eigenvalue weighted by molar-refractivity contribution is 5.94. The summed E-state index contributed by atoms with van der Waals surface area (Å²) >= 11 is 0. The minimum Gasteiger partial charge on any atom is -0.338 e. The van der Waals surface area contributed by atoms with E-state index in [0.717, 1.165) is 4.57 Å². The van der Waals surface area contributed by atoms with E-state index >= 15 is 0 Å². The van der Waals surface area contributed by atoms with Crippen LogP contribution >= 0.6 is 0 Å². The number of hydrogen-bond acceptors (Lipinski definition) is 4. The Morgan fingerprint density at radius 3 is 2.80 bits per heavy atom. The van der Waals surface area contributed by atoms with Crippen LogP contribution in [0.5, 0.6) is 0 Å². The average molecular weight is 274 g/mol. The number of imide groups is 1. The van der Waals surface area contributed by atoms with Crippen LogP contribution in [0.3, 0.4) is 0 Å². The number of amides is 3. The topological polar surface area (TPSA) is 93.1 Å². The van der Waals surface area contributed by atoms with Crippen LogP contribution in [0.2, 0.25) is 0 Å². The van der Waals surface area contributed by atoms with Crippen molar-refractivity contribution in [1.29, 1.82) is 0 Å². The molecule has 0 saturated carbocycles. The van der Waals surface area contributed by atoms with Crippen LogP contribution in [0.1, 0.15) is 6.92 Å². The van der Waals surface area contributed by atoms with Gasteiger partial charge in [-0.05, 0) is 19.1 Å². The van der Waals surface area contributed by atoms with Crippen LogP contribution in [-0.2, 0) is 11.3 Å². The van der Waals surface area contributed by atoms with E-state index in [0.29, 0.717) is 17.4 Å². The zero-order valence-corrected chi connectivity index (χ0v) is 10.9. The lowest BCUT2D eigenvalue weighted by molar-refractivity contribution is -0.120. The van der Waals surface area contributed by atoms with Gasteiger partial charge in [0.1, 0.15) is 6.54 Å². The Labute approximate surface area is 114 Å². The molecule has 7 heteroatoms.